The highest BCUT2D eigenvalue weighted by Gasteiger charge is 2.07. The fraction of sp³-hybridized carbons (Fsp3) is 0.500. The highest BCUT2D eigenvalue weighted by molar-refractivity contribution is 7.75. The molecular formula is C12H18O3S. The van der Waals surface area contributed by atoms with Crippen LogP contribution in [-0.4, -0.2) is 24.4 Å². The first-order valence-electron chi connectivity index (χ1n) is 5.39. The third kappa shape index (κ3) is 5.51. The minimum atomic E-state index is -0.0563. The molecule has 3 nitrogen and oxygen atoms in total. The lowest BCUT2D eigenvalue weighted by atomic mass is 10.2. The van der Waals surface area contributed by atoms with Crippen molar-refractivity contribution in [1.29, 1.82) is 0 Å². The summed E-state index contributed by atoms with van der Waals surface area (Å²) < 4.78 is 10.5. The topological polar surface area (TPSA) is 38.7 Å². The maximum atomic E-state index is 8.69. The molecule has 1 N–H and O–H groups in total. The average molecular weight is 242 g/mol. The lowest BCUT2D eigenvalue weighted by Crippen LogP contribution is -2.16. The van der Waals surface area contributed by atoms with Crippen LogP contribution in [0.5, 0.6) is 0 Å². The second-order valence-electron chi connectivity index (χ2n) is 3.59. The Bertz CT molecular complexity index is 266. The van der Waals surface area contributed by atoms with Crippen LogP contribution in [-0.2, 0) is 15.5 Å². The number of thiol groups is 1. The van der Waals surface area contributed by atoms with Crippen molar-refractivity contribution in [3.63, 3.8) is 0 Å². The van der Waals surface area contributed by atoms with E-state index >= 15 is 0 Å². The number of rotatable bonds is 8. The van der Waals surface area contributed by atoms with E-state index in [4.69, 9.17) is 14.0 Å². The fourth-order valence-corrected chi connectivity index (χ4v) is 1.53. The number of aliphatic hydroxyl groups is 1. The van der Waals surface area contributed by atoms with Crippen molar-refractivity contribution < 1.29 is 14.0 Å². The van der Waals surface area contributed by atoms with Crippen LogP contribution in [0.15, 0.2) is 30.3 Å². The highest BCUT2D eigenvalue weighted by atomic mass is 32.1. The number of ether oxygens (including phenoxy) is 1. The summed E-state index contributed by atoms with van der Waals surface area (Å²) in [6.07, 6.45) is 1.41. The molecule has 0 aliphatic carbocycles. The molecule has 1 rings (SSSR count). The Labute approximate surface area is 102 Å². The summed E-state index contributed by atoms with van der Waals surface area (Å²) in [5.41, 5.74) is 1.14. The lowest BCUT2D eigenvalue weighted by Gasteiger charge is -2.13. The molecule has 0 amide bonds. The van der Waals surface area contributed by atoms with E-state index in [1.165, 1.54) is 0 Å². The third-order valence-electron chi connectivity index (χ3n) is 2.25. The van der Waals surface area contributed by atoms with E-state index in [9.17, 15) is 0 Å². The second-order valence-corrected chi connectivity index (χ2v) is 3.80. The van der Waals surface area contributed by atoms with Gasteiger partial charge in [0.2, 0.25) is 0 Å². The van der Waals surface area contributed by atoms with Gasteiger partial charge in [-0.3, -0.25) is 0 Å². The Balaban J connectivity index is 2.18. The molecule has 0 bridgehead atoms. The van der Waals surface area contributed by atoms with Crippen LogP contribution in [0.4, 0.5) is 0 Å². The largest absolute Gasteiger partial charge is 0.396 e. The first-order valence-corrected chi connectivity index (χ1v) is 5.76. The smallest absolute Gasteiger partial charge is 0.0953 e. The van der Waals surface area contributed by atoms with Crippen molar-refractivity contribution >= 4 is 12.9 Å². The summed E-state index contributed by atoms with van der Waals surface area (Å²) in [5.74, 6) is 0. The van der Waals surface area contributed by atoms with Crippen LogP contribution < -0.4 is 0 Å². The molecule has 1 aromatic carbocycles. The van der Waals surface area contributed by atoms with Crippen LogP contribution in [0.2, 0.25) is 0 Å². The maximum Gasteiger partial charge on any atom is 0.0953 e. The average Bonchev–Trinajstić information content (AvgIpc) is 2.35. The van der Waals surface area contributed by atoms with Crippen LogP contribution in [0.25, 0.3) is 0 Å². The molecule has 90 valence electrons. The molecule has 1 unspecified atom stereocenters. The molecule has 0 radical (unpaired) electrons. The molecule has 1 aromatic rings. The summed E-state index contributed by atoms with van der Waals surface area (Å²) in [7, 11) is 0. The van der Waals surface area contributed by atoms with Gasteiger partial charge in [0.15, 0.2) is 0 Å². The zero-order valence-corrected chi connectivity index (χ0v) is 10.1. The molecule has 0 spiro atoms. The van der Waals surface area contributed by atoms with Gasteiger partial charge in [0, 0.05) is 6.61 Å². The van der Waals surface area contributed by atoms with E-state index in [0.717, 1.165) is 12.0 Å². The summed E-state index contributed by atoms with van der Waals surface area (Å²) in [6, 6.07) is 9.98. The standard InChI is InChI=1S/C12H18O3S/c13-8-4-7-12(15-16)10-14-9-11-5-2-1-3-6-11/h1-3,5-6,12-13,16H,4,7-10H2. The minimum Gasteiger partial charge on any atom is -0.396 e. The van der Waals surface area contributed by atoms with Gasteiger partial charge in [0.05, 0.1) is 19.3 Å². The van der Waals surface area contributed by atoms with Crippen molar-refractivity contribution in [2.75, 3.05) is 13.2 Å². The van der Waals surface area contributed by atoms with Crippen molar-refractivity contribution in [3.05, 3.63) is 35.9 Å². The SMILES string of the molecule is OCCCC(COCc1ccccc1)OS. The number of hydrogen-bond donors (Lipinski definition) is 2. The zero-order valence-electron chi connectivity index (χ0n) is 9.21. The van der Waals surface area contributed by atoms with E-state index in [2.05, 4.69) is 12.9 Å². The first-order chi connectivity index (χ1) is 7.86. The van der Waals surface area contributed by atoms with E-state index in [0.29, 0.717) is 19.6 Å². The quantitative estimate of drug-likeness (QED) is 0.542. The van der Waals surface area contributed by atoms with Gasteiger partial charge in [-0.15, -0.1) is 0 Å². The molecular weight excluding hydrogens is 224 g/mol. The van der Waals surface area contributed by atoms with Gasteiger partial charge in [-0.25, -0.2) is 0 Å². The highest BCUT2D eigenvalue weighted by Crippen LogP contribution is 2.07. The van der Waals surface area contributed by atoms with Crippen LogP contribution in [0.1, 0.15) is 18.4 Å². The van der Waals surface area contributed by atoms with Crippen molar-refractivity contribution in [3.8, 4) is 0 Å². The van der Waals surface area contributed by atoms with Crippen LogP contribution in [0, 0.1) is 0 Å². The molecule has 16 heavy (non-hydrogen) atoms. The Hall–Kier alpha value is -0.550. The number of aliphatic hydroxyl groups excluding tert-OH is 1. The Kier molecular flexibility index (Phi) is 7.25. The Morgan fingerprint density at radius 3 is 2.62 bits per heavy atom. The lowest BCUT2D eigenvalue weighted by molar-refractivity contribution is 0.0451. The van der Waals surface area contributed by atoms with Gasteiger partial charge < -0.3 is 14.0 Å². The zero-order chi connectivity index (χ0) is 11.6. The van der Waals surface area contributed by atoms with E-state index in [-0.39, 0.29) is 12.7 Å². The van der Waals surface area contributed by atoms with Gasteiger partial charge in [0.1, 0.15) is 0 Å². The Morgan fingerprint density at radius 2 is 2.00 bits per heavy atom. The van der Waals surface area contributed by atoms with E-state index < -0.39 is 0 Å². The molecule has 0 aliphatic heterocycles. The number of hydrogen-bond acceptors (Lipinski definition) is 4. The van der Waals surface area contributed by atoms with Gasteiger partial charge in [0.25, 0.3) is 0 Å². The second kappa shape index (κ2) is 8.58. The van der Waals surface area contributed by atoms with Gasteiger partial charge in [-0.2, -0.15) is 0 Å². The summed E-state index contributed by atoms with van der Waals surface area (Å²) in [6.45, 7) is 1.25. The first kappa shape index (κ1) is 13.5. The third-order valence-corrected chi connectivity index (χ3v) is 2.55. The predicted octanol–water partition coefficient (Wildman–Crippen LogP) is 2.21. The maximum absolute atomic E-state index is 8.69. The summed E-state index contributed by atoms with van der Waals surface area (Å²) in [4.78, 5) is 0. The summed E-state index contributed by atoms with van der Waals surface area (Å²) in [5, 5.41) is 8.69. The fourth-order valence-electron chi connectivity index (χ4n) is 1.37. The summed E-state index contributed by atoms with van der Waals surface area (Å²) >= 11 is 3.79. The monoisotopic (exact) mass is 242 g/mol. The van der Waals surface area contributed by atoms with E-state index in [1.807, 2.05) is 30.3 Å². The van der Waals surface area contributed by atoms with Crippen molar-refractivity contribution in [2.45, 2.75) is 25.6 Å². The number of benzene rings is 1. The van der Waals surface area contributed by atoms with E-state index in [1.54, 1.807) is 0 Å². The molecule has 1 atom stereocenters. The van der Waals surface area contributed by atoms with Crippen molar-refractivity contribution in [1.82, 2.24) is 0 Å². The molecule has 0 saturated carbocycles. The molecule has 0 heterocycles. The predicted molar refractivity (Wildman–Crippen MR) is 66.3 cm³/mol. The van der Waals surface area contributed by atoms with Gasteiger partial charge >= 0.3 is 0 Å². The van der Waals surface area contributed by atoms with Crippen molar-refractivity contribution in [2.24, 2.45) is 0 Å². The Morgan fingerprint density at radius 1 is 1.25 bits per heavy atom. The molecule has 0 aromatic heterocycles. The molecule has 0 fully saturated rings. The minimum absolute atomic E-state index is 0.0563. The van der Waals surface area contributed by atoms with Crippen LogP contribution >= 0.6 is 12.9 Å². The molecule has 0 saturated heterocycles. The molecule has 0 aliphatic rings. The molecule has 4 heteroatoms. The normalized spacial score (nSPS) is 12.6. The van der Waals surface area contributed by atoms with Gasteiger partial charge in [-0.05, 0) is 31.3 Å². The van der Waals surface area contributed by atoms with Gasteiger partial charge in [-0.1, -0.05) is 30.3 Å². The van der Waals surface area contributed by atoms with Crippen LogP contribution in [0.3, 0.4) is 0 Å².